The molecule has 1 heteroatoms. The predicted octanol–water partition coefficient (Wildman–Crippen LogP) is 5.82. The Kier molecular flexibility index (Phi) is 8.01. The maximum Gasteiger partial charge on any atom is 0.0236 e. The molecule has 1 atom stereocenters. The summed E-state index contributed by atoms with van der Waals surface area (Å²) in [4.78, 5) is 2.70. The van der Waals surface area contributed by atoms with Gasteiger partial charge in [-0.2, -0.15) is 0 Å². The number of hydrogen-bond donors (Lipinski definition) is 0. The summed E-state index contributed by atoms with van der Waals surface area (Å²) >= 11 is 0. The summed E-state index contributed by atoms with van der Waals surface area (Å²) in [6.07, 6.45) is 12.5. The number of rotatable bonds is 10. The quantitative estimate of drug-likeness (QED) is 0.492. The van der Waals surface area contributed by atoms with Gasteiger partial charge in [0, 0.05) is 19.6 Å². The second kappa shape index (κ2) is 10.0. The van der Waals surface area contributed by atoms with Crippen molar-refractivity contribution in [3.05, 3.63) is 35.4 Å². The molecule has 1 aliphatic rings. The molecule has 0 aliphatic carbocycles. The Balaban J connectivity index is 1.76. The predicted molar refractivity (Wildman–Crippen MR) is 97.2 cm³/mol. The molecule has 1 heterocycles. The monoisotopic (exact) mass is 301 g/mol. The standard InChI is InChI=1S/C21H35N/c1-3-5-6-7-8-12-19(11-4-2)17-22-16-15-20-13-9-10-14-21(20)18-22/h9-10,13-14,19H,3-8,11-12,15-18H2,1-2H3. The Hall–Kier alpha value is -0.820. The third kappa shape index (κ3) is 5.76. The van der Waals surface area contributed by atoms with Crippen LogP contribution in [0.15, 0.2) is 24.3 Å². The molecule has 124 valence electrons. The summed E-state index contributed by atoms with van der Waals surface area (Å²) < 4.78 is 0. The van der Waals surface area contributed by atoms with E-state index in [1.165, 1.54) is 77.4 Å². The molecule has 0 radical (unpaired) electrons. The molecular formula is C21H35N. The van der Waals surface area contributed by atoms with Gasteiger partial charge in [0.1, 0.15) is 0 Å². The average molecular weight is 302 g/mol. The van der Waals surface area contributed by atoms with Crippen LogP contribution in [-0.4, -0.2) is 18.0 Å². The second-order valence-electron chi connectivity index (χ2n) is 7.11. The molecule has 0 bridgehead atoms. The Labute approximate surface area is 138 Å². The van der Waals surface area contributed by atoms with Gasteiger partial charge < -0.3 is 0 Å². The van der Waals surface area contributed by atoms with Gasteiger partial charge in [0.2, 0.25) is 0 Å². The summed E-state index contributed by atoms with van der Waals surface area (Å²) in [5, 5.41) is 0. The first kappa shape index (κ1) is 17.5. The van der Waals surface area contributed by atoms with Crippen molar-refractivity contribution in [1.29, 1.82) is 0 Å². The zero-order chi connectivity index (χ0) is 15.6. The Morgan fingerprint density at radius 2 is 1.68 bits per heavy atom. The van der Waals surface area contributed by atoms with E-state index in [0.29, 0.717) is 0 Å². The van der Waals surface area contributed by atoms with Crippen molar-refractivity contribution in [1.82, 2.24) is 4.90 Å². The van der Waals surface area contributed by atoms with E-state index >= 15 is 0 Å². The Bertz CT molecular complexity index is 412. The highest BCUT2D eigenvalue weighted by atomic mass is 15.1. The van der Waals surface area contributed by atoms with Crippen LogP contribution in [0.25, 0.3) is 0 Å². The van der Waals surface area contributed by atoms with E-state index in [1.54, 1.807) is 11.1 Å². The highest BCUT2D eigenvalue weighted by molar-refractivity contribution is 5.29. The summed E-state index contributed by atoms with van der Waals surface area (Å²) in [7, 11) is 0. The van der Waals surface area contributed by atoms with Gasteiger partial charge in [-0.25, -0.2) is 0 Å². The van der Waals surface area contributed by atoms with E-state index in [1.807, 2.05) is 0 Å². The van der Waals surface area contributed by atoms with Crippen molar-refractivity contribution in [2.45, 2.75) is 78.2 Å². The third-order valence-electron chi connectivity index (χ3n) is 5.14. The molecule has 0 aromatic heterocycles. The van der Waals surface area contributed by atoms with Gasteiger partial charge >= 0.3 is 0 Å². The maximum absolute atomic E-state index is 2.70. The minimum Gasteiger partial charge on any atom is -0.298 e. The molecule has 0 spiro atoms. The molecule has 1 unspecified atom stereocenters. The second-order valence-corrected chi connectivity index (χ2v) is 7.11. The molecule has 0 fully saturated rings. The van der Waals surface area contributed by atoms with Crippen molar-refractivity contribution in [3.8, 4) is 0 Å². The lowest BCUT2D eigenvalue weighted by Gasteiger charge is -2.32. The molecule has 1 aromatic carbocycles. The van der Waals surface area contributed by atoms with Crippen molar-refractivity contribution in [2.75, 3.05) is 13.1 Å². The van der Waals surface area contributed by atoms with E-state index in [2.05, 4.69) is 43.0 Å². The van der Waals surface area contributed by atoms with E-state index < -0.39 is 0 Å². The Morgan fingerprint density at radius 3 is 2.45 bits per heavy atom. The van der Waals surface area contributed by atoms with Gasteiger partial charge in [-0.05, 0) is 36.3 Å². The minimum atomic E-state index is 0.914. The fourth-order valence-electron chi connectivity index (χ4n) is 3.85. The molecule has 1 aliphatic heterocycles. The van der Waals surface area contributed by atoms with Crippen LogP contribution in [0.4, 0.5) is 0 Å². The first-order valence-electron chi connectivity index (χ1n) is 9.62. The molecule has 1 nitrogen and oxygen atoms in total. The summed E-state index contributed by atoms with van der Waals surface area (Å²) in [5.74, 6) is 0.914. The van der Waals surface area contributed by atoms with Crippen LogP contribution in [0.1, 0.15) is 76.3 Å². The van der Waals surface area contributed by atoms with E-state index in [4.69, 9.17) is 0 Å². The number of benzene rings is 1. The van der Waals surface area contributed by atoms with Gasteiger partial charge in [-0.1, -0.05) is 76.6 Å². The molecule has 1 aromatic rings. The fourth-order valence-corrected chi connectivity index (χ4v) is 3.85. The maximum atomic E-state index is 2.70. The molecular weight excluding hydrogens is 266 g/mol. The third-order valence-corrected chi connectivity index (χ3v) is 5.14. The van der Waals surface area contributed by atoms with Crippen molar-refractivity contribution in [2.24, 2.45) is 5.92 Å². The van der Waals surface area contributed by atoms with Crippen LogP contribution in [0.5, 0.6) is 0 Å². The lowest BCUT2D eigenvalue weighted by Crippen LogP contribution is -2.34. The number of nitrogens with zero attached hydrogens (tertiary/aromatic N) is 1. The summed E-state index contributed by atoms with van der Waals surface area (Å²) in [5.41, 5.74) is 3.14. The van der Waals surface area contributed by atoms with Gasteiger partial charge in [-0.15, -0.1) is 0 Å². The highest BCUT2D eigenvalue weighted by Gasteiger charge is 2.18. The first-order valence-corrected chi connectivity index (χ1v) is 9.62. The van der Waals surface area contributed by atoms with Crippen molar-refractivity contribution >= 4 is 0 Å². The van der Waals surface area contributed by atoms with Gasteiger partial charge in [-0.3, -0.25) is 4.90 Å². The highest BCUT2D eigenvalue weighted by Crippen LogP contribution is 2.23. The van der Waals surface area contributed by atoms with Crippen LogP contribution in [0.3, 0.4) is 0 Å². The van der Waals surface area contributed by atoms with Crippen LogP contribution in [0.2, 0.25) is 0 Å². The summed E-state index contributed by atoms with van der Waals surface area (Å²) in [6.45, 7) is 8.39. The molecule has 0 saturated carbocycles. The molecule has 0 saturated heterocycles. The summed E-state index contributed by atoms with van der Waals surface area (Å²) in [6, 6.07) is 9.01. The topological polar surface area (TPSA) is 3.24 Å². The van der Waals surface area contributed by atoms with Crippen LogP contribution in [-0.2, 0) is 13.0 Å². The minimum absolute atomic E-state index is 0.914. The van der Waals surface area contributed by atoms with E-state index in [9.17, 15) is 0 Å². The number of hydrogen-bond acceptors (Lipinski definition) is 1. The average Bonchev–Trinajstić information content (AvgIpc) is 2.54. The number of unbranched alkanes of at least 4 members (excludes halogenated alkanes) is 4. The molecule has 0 N–H and O–H groups in total. The van der Waals surface area contributed by atoms with Crippen LogP contribution in [0, 0.1) is 5.92 Å². The van der Waals surface area contributed by atoms with Gasteiger partial charge in [0.25, 0.3) is 0 Å². The first-order chi connectivity index (χ1) is 10.8. The lowest BCUT2D eigenvalue weighted by molar-refractivity contribution is 0.199. The fraction of sp³-hybridized carbons (Fsp3) is 0.714. The number of fused-ring (bicyclic) bond motifs is 1. The lowest BCUT2D eigenvalue weighted by atomic mass is 9.93. The normalized spacial score (nSPS) is 16.5. The zero-order valence-corrected chi connectivity index (χ0v) is 14.8. The molecule has 0 amide bonds. The van der Waals surface area contributed by atoms with Crippen molar-refractivity contribution < 1.29 is 0 Å². The van der Waals surface area contributed by atoms with Crippen LogP contribution >= 0.6 is 0 Å². The zero-order valence-electron chi connectivity index (χ0n) is 14.8. The van der Waals surface area contributed by atoms with Crippen molar-refractivity contribution in [3.63, 3.8) is 0 Å². The molecule has 22 heavy (non-hydrogen) atoms. The van der Waals surface area contributed by atoms with Gasteiger partial charge in [0.05, 0.1) is 0 Å². The van der Waals surface area contributed by atoms with E-state index in [0.717, 1.165) is 5.92 Å². The smallest absolute Gasteiger partial charge is 0.0236 e. The Morgan fingerprint density at radius 1 is 0.909 bits per heavy atom. The largest absolute Gasteiger partial charge is 0.298 e. The molecule has 2 rings (SSSR count). The SMILES string of the molecule is CCCCCCCC(CCC)CN1CCc2ccccc2C1. The van der Waals surface area contributed by atoms with Gasteiger partial charge in [0.15, 0.2) is 0 Å². The van der Waals surface area contributed by atoms with E-state index in [-0.39, 0.29) is 0 Å². The van der Waals surface area contributed by atoms with Crippen LogP contribution < -0.4 is 0 Å².